The molecule has 0 spiro atoms. The Labute approximate surface area is 119 Å². The monoisotopic (exact) mass is 313 g/mol. The van der Waals surface area contributed by atoms with Gasteiger partial charge in [-0.25, -0.2) is 9.59 Å². The van der Waals surface area contributed by atoms with Gasteiger partial charge in [-0.05, 0) is 20.8 Å². The van der Waals surface area contributed by atoms with Gasteiger partial charge in [0, 0.05) is 6.42 Å². The Kier molecular flexibility index (Phi) is 4.48. The molecule has 1 saturated heterocycles. The number of halogens is 3. The topological polar surface area (TPSA) is 76.1 Å². The minimum Gasteiger partial charge on any atom is -0.467 e. The van der Waals surface area contributed by atoms with Gasteiger partial charge in [-0.3, -0.25) is 4.90 Å². The number of hydrogen-bond donors (Lipinski definition) is 1. The van der Waals surface area contributed by atoms with Gasteiger partial charge in [-0.2, -0.15) is 13.2 Å². The normalized spacial score (nSPS) is 26.7. The highest BCUT2D eigenvalue weighted by atomic mass is 19.4. The van der Waals surface area contributed by atoms with Crippen molar-refractivity contribution >= 4 is 12.1 Å². The molecule has 6 nitrogen and oxygen atoms in total. The number of ether oxygens (including phenoxy) is 2. The van der Waals surface area contributed by atoms with E-state index in [1.165, 1.54) is 20.8 Å². The van der Waals surface area contributed by atoms with Crippen molar-refractivity contribution in [3.63, 3.8) is 0 Å². The van der Waals surface area contributed by atoms with Crippen LogP contribution in [0.1, 0.15) is 27.2 Å². The van der Waals surface area contributed by atoms with E-state index >= 15 is 0 Å². The fraction of sp³-hybridized carbons (Fsp3) is 0.833. The maximum atomic E-state index is 12.9. The zero-order valence-electron chi connectivity index (χ0n) is 12.2. The summed E-state index contributed by atoms with van der Waals surface area (Å²) in [5.41, 5.74) is -4.11. The van der Waals surface area contributed by atoms with Crippen LogP contribution in [0.3, 0.4) is 0 Å². The van der Waals surface area contributed by atoms with Crippen LogP contribution in [0.5, 0.6) is 0 Å². The molecule has 0 aromatic rings. The largest absolute Gasteiger partial charge is 0.467 e. The molecule has 1 N–H and O–H groups in total. The van der Waals surface area contributed by atoms with E-state index in [9.17, 15) is 27.9 Å². The summed E-state index contributed by atoms with van der Waals surface area (Å²) in [6.45, 7) is 3.52. The molecule has 0 bridgehead atoms. The van der Waals surface area contributed by atoms with Crippen LogP contribution < -0.4 is 0 Å². The summed E-state index contributed by atoms with van der Waals surface area (Å²) in [6, 6.07) is -1.54. The van der Waals surface area contributed by atoms with Crippen LogP contribution in [0.2, 0.25) is 0 Å². The fourth-order valence-electron chi connectivity index (χ4n) is 1.95. The van der Waals surface area contributed by atoms with Crippen molar-refractivity contribution in [3.05, 3.63) is 0 Å². The second kappa shape index (κ2) is 5.36. The molecule has 122 valence electrons. The first kappa shape index (κ1) is 17.5. The van der Waals surface area contributed by atoms with Crippen LogP contribution in [0.4, 0.5) is 18.0 Å². The van der Waals surface area contributed by atoms with Crippen LogP contribution in [-0.4, -0.2) is 59.1 Å². The molecule has 1 aliphatic heterocycles. The molecule has 1 unspecified atom stereocenters. The fourth-order valence-corrected chi connectivity index (χ4v) is 1.95. The summed E-state index contributed by atoms with van der Waals surface area (Å²) in [5, 5.41) is 9.68. The second-order valence-electron chi connectivity index (χ2n) is 5.88. The second-order valence-corrected chi connectivity index (χ2v) is 5.88. The molecule has 0 saturated carbocycles. The van der Waals surface area contributed by atoms with Gasteiger partial charge in [0.05, 0.1) is 13.7 Å². The van der Waals surface area contributed by atoms with Gasteiger partial charge in [0.2, 0.25) is 0 Å². The van der Waals surface area contributed by atoms with Crippen molar-refractivity contribution in [1.29, 1.82) is 0 Å². The lowest BCUT2D eigenvalue weighted by Crippen LogP contribution is -2.48. The third kappa shape index (κ3) is 3.78. The van der Waals surface area contributed by atoms with Gasteiger partial charge in [0.25, 0.3) is 0 Å². The van der Waals surface area contributed by atoms with Gasteiger partial charge in [-0.1, -0.05) is 0 Å². The Balaban J connectivity index is 3.04. The molecule has 21 heavy (non-hydrogen) atoms. The van der Waals surface area contributed by atoms with Gasteiger partial charge >= 0.3 is 18.2 Å². The van der Waals surface area contributed by atoms with Crippen LogP contribution >= 0.6 is 0 Å². The number of methoxy groups -OCH3 is 1. The summed E-state index contributed by atoms with van der Waals surface area (Å²) in [7, 11) is 0.987. The summed E-state index contributed by atoms with van der Waals surface area (Å²) in [5.74, 6) is -1.04. The maximum Gasteiger partial charge on any atom is 0.419 e. The molecule has 0 aromatic heterocycles. The molecule has 9 heteroatoms. The van der Waals surface area contributed by atoms with Gasteiger partial charge in [-0.15, -0.1) is 0 Å². The number of likely N-dealkylation sites (tertiary alicyclic amines) is 1. The molecule has 1 fully saturated rings. The van der Waals surface area contributed by atoms with Crippen molar-refractivity contribution in [2.24, 2.45) is 0 Å². The Bertz CT molecular complexity index is 432. The zero-order chi connectivity index (χ0) is 16.6. The average molecular weight is 313 g/mol. The molecule has 1 amide bonds. The van der Waals surface area contributed by atoms with E-state index in [4.69, 9.17) is 4.74 Å². The number of aliphatic hydroxyl groups is 1. The van der Waals surface area contributed by atoms with E-state index in [0.717, 1.165) is 7.11 Å². The van der Waals surface area contributed by atoms with E-state index in [0.29, 0.717) is 4.90 Å². The van der Waals surface area contributed by atoms with E-state index in [-0.39, 0.29) is 0 Å². The van der Waals surface area contributed by atoms with Crippen molar-refractivity contribution in [1.82, 2.24) is 4.90 Å². The third-order valence-electron chi connectivity index (χ3n) is 2.97. The zero-order valence-corrected chi connectivity index (χ0v) is 12.2. The minimum absolute atomic E-state index is 0.546. The Morgan fingerprint density at radius 2 is 1.81 bits per heavy atom. The standard InChI is InChI=1S/C12H18F3NO5/c1-10(2,3)21-9(18)16-6-11(19,12(13,14)15)5-7(16)8(17)20-4/h7,19H,5-6H2,1-4H3/t7-,11?/m0/s1. The number of β-amino-alcohol motifs (C(OH)–C–C–N with tert-alkyl or cyclic N) is 1. The first-order valence-corrected chi connectivity index (χ1v) is 6.17. The quantitative estimate of drug-likeness (QED) is 0.742. The van der Waals surface area contributed by atoms with Gasteiger partial charge < -0.3 is 14.6 Å². The summed E-state index contributed by atoms with van der Waals surface area (Å²) in [4.78, 5) is 24.0. The highest BCUT2D eigenvalue weighted by molar-refractivity contribution is 5.82. The Morgan fingerprint density at radius 3 is 2.19 bits per heavy atom. The van der Waals surface area contributed by atoms with Crippen LogP contribution in [0, 0.1) is 0 Å². The van der Waals surface area contributed by atoms with Gasteiger partial charge in [0.15, 0.2) is 5.60 Å². The number of alkyl halides is 3. The summed E-state index contributed by atoms with van der Waals surface area (Å²) in [6.07, 6.45) is -7.07. The van der Waals surface area contributed by atoms with Crippen LogP contribution in [-0.2, 0) is 14.3 Å². The maximum absolute atomic E-state index is 12.9. The van der Waals surface area contributed by atoms with E-state index < -0.39 is 48.4 Å². The smallest absolute Gasteiger partial charge is 0.419 e. The summed E-state index contributed by atoms with van der Waals surface area (Å²) < 4.78 is 48.0. The van der Waals surface area contributed by atoms with E-state index in [1.54, 1.807) is 0 Å². The number of amides is 1. The SMILES string of the molecule is COC(=O)[C@@H]1CC(O)(C(F)(F)F)CN1C(=O)OC(C)(C)C. The lowest BCUT2D eigenvalue weighted by Gasteiger charge is -2.28. The molecule has 1 aliphatic rings. The number of carbonyl (C=O) groups excluding carboxylic acids is 2. The predicted octanol–water partition coefficient (Wildman–Crippen LogP) is 1.46. The molecule has 1 heterocycles. The number of nitrogens with zero attached hydrogens (tertiary/aromatic N) is 1. The van der Waals surface area contributed by atoms with Crippen molar-refractivity contribution < 1.29 is 37.3 Å². The first-order valence-electron chi connectivity index (χ1n) is 6.17. The Morgan fingerprint density at radius 1 is 1.29 bits per heavy atom. The highest BCUT2D eigenvalue weighted by Crippen LogP contribution is 2.41. The molecule has 0 aliphatic carbocycles. The van der Waals surface area contributed by atoms with Gasteiger partial charge in [0.1, 0.15) is 11.6 Å². The molecule has 1 rings (SSSR count). The number of carbonyl (C=O) groups is 2. The van der Waals surface area contributed by atoms with Crippen LogP contribution in [0.25, 0.3) is 0 Å². The van der Waals surface area contributed by atoms with Crippen molar-refractivity contribution in [3.8, 4) is 0 Å². The van der Waals surface area contributed by atoms with E-state index in [2.05, 4.69) is 4.74 Å². The third-order valence-corrected chi connectivity index (χ3v) is 2.97. The van der Waals surface area contributed by atoms with Crippen molar-refractivity contribution in [2.45, 2.75) is 50.6 Å². The molecular weight excluding hydrogens is 295 g/mol. The lowest BCUT2D eigenvalue weighted by atomic mass is 10.00. The summed E-state index contributed by atoms with van der Waals surface area (Å²) >= 11 is 0. The van der Waals surface area contributed by atoms with E-state index in [1.807, 2.05) is 0 Å². The average Bonchev–Trinajstić information content (AvgIpc) is 2.65. The molecule has 2 atom stereocenters. The minimum atomic E-state index is -4.98. The molecule has 0 radical (unpaired) electrons. The molecular formula is C12H18F3NO5. The Hall–Kier alpha value is -1.51. The van der Waals surface area contributed by atoms with Crippen molar-refractivity contribution in [2.75, 3.05) is 13.7 Å². The number of hydrogen-bond acceptors (Lipinski definition) is 5. The first-order chi connectivity index (χ1) is 9.31. The number of rotatable bonds is 1. The lowest BCUT2D eigenvalue weighted by molar-refractivity contribution is -0.253. The number of esters is 1. The predicted molar refractivity (Wildman–Crippen MR) is 64.4 cm³/mol. The highest BCUT2D eigenvalue weighted by Gasteiger charge is 2.63. The van der Waals surface area contributed by atoms with Crippen LogP contribution in [0.15, 0.2) is 0 Å². The molecule has 0 aromatic carbocycles.